The molecule has 0 aliphatic carbocycles. The number of benzene rings is 2. The number of halogens is 1. The second-order valence-electron chi connectivity index (χ2n) is 6.36. The van der Waals surface area contributed by atoms with E-state index in [4.69, 9.17) is 16.3 Å². The molecule has 0 spiro atoms. The first-order chi connectivity index (χ1) is 13.9. The molecule has 0 aliphatic heterocycles. The summed E-state index contributed by atoms with van der Waals surface area (Å²) in [6.07, 6.45) is -1.01. The average Bonchev–Trinajstić information content (AvgIpc) is 3.05. The Morgan fingerprint density at radius 3 is 2.52 bits per heavy atom. The van der Waals surface area contributed by atoms with Crippen molar-refractivity contribution in [1.82, 2.24) is 5.32 Å². The minimum Gasteiger partial charge on any atom is -0.451 e. The smallest absolute Gasteiger partial charge is 0.326 e. The van der Waals surface area contributed by atoms with Crippen molar-refractivity contribution in [3.8, 4) is 0 Å². The summed E-state index contributed by atoms with van der Waals surface area (Å²) in [4.78, 5) is 36.9. The summed E-state index contributed by atoms with van der Waals surface area (Å²) in [5.74, 6) is -1.64. The van der Waals surface area contributed by atoms with Gasteiger partial charge in [-0.3, -0.25) is 14.4 Å². The van der Waals surface area contributed by atoms with Crippen LogP contribution < -0.4 is 10.6 Å². The van der Waals surface area contributed by atoms with Gasteiger partial charge in [0.1, 0.15) is 11.4 Å². The number of aryl methyl sites for hydroxylation is 1. The Kier molecular flexibility index (Phi) is 6.51. The maximum absolute atomic E-state index is 12.4. The molecular weight excluding hydrogens is 412 g/mol. The molecule has 1 heterocycles. The fraction of sp³-hybridized carbons (Fsp3) is 0.190. The lowest BCUT2D eigenvalue weighted by Crippen LogP contribution is -2.35. The van der Waals surface area contributed by atoms with E-state index in [0.29, 0.717) is 15.6 Å². The Morgan fingerprint density at radius 1 is 1.10 bits per heavy atom. The predicted molar refractivity (Wildman–Crippen MR) is 115 cm³/mol. The molecule has 0 radical (unpaired) electrons. The largest absolute Gasteiger partial charge is 0.451 e. The molecule has 0 bridgehead atoms. The van der Waals surface area contributed by atoms with E-state index in [1.54, 1.807) is 12.1 Å². The number of hydrogen-bond donors (Lipinski definition) is 2. The third-order valence-corrected chi connectivity index (χ3v) is 5.89. The van der Waals surface area contributed by atoms with E-state index in [0.717, 1.165) is 15.6 Å². The molecule has 8 heteroatoms. The topological polar surface area (TPSA) is 84.5 Å². The number of para-hydroxylation sites is 1. The lowest BCUT2D eigenvalue weighted by Gasteiger charge is -2.14. The Labute approximate surface area is 176 Å². The first kappa shape index (κ1) is 20.8. The van der Waals surface area contributed by atoms with Gasteiger partial charge in [0.15, 0.2) is 6.10 Å². The standard InChI is InChI=1S/C21H19ClN2O4S/c1-12-7-3-5-9-15(12)24-20(26)13(2)28-17(25)11-23-21(27)19-18(22)14-8-4-6-10-16(14)29-19/h3-10,13H,11H2,1-2H3,(H,23,27)(H,24,26). The van der Waals surface area contributed by atoms with Crippen LogP contribution in [0.3, 0.4) is 0 Å². The molecule has 0 saturated heterocycles. The van der Waals surface area contributed by atoms with Crippen LogP contribution in [-0.4, -0.2) is 30.4 Å². The van der Waals surface area contributed by atoms with Gasteiger partial charge >= 0.3 is 5.97 Å². The van der Waals surface area contributed by atoms with Crippen LogP contribution in [0.15, 0.2) is 48.5 Å². The summed E-state index contributed by atoms with van der Waals surface area (Å²) in [7, 11) is 0. The maximum atomic E-state index is 12.4. The van der Waals surface area contributed by atoms with Crippen LogP contribution in [0.1, 0.15) is 22.2 Å². The molecule has 29 heavy (non-hydrogen) atoms. The van der Waals surface area contributed by atoms with E-state index in [2.05, 4.69) is 10.6 Å². The fourth-order valence-corrected chi connectivity index (χ4v) is 4.07. The molecule has 2 aromatic carbocycles. The van der Waals surface area contributed by atoms with Gasteiger partial charge in [-0.1, -0.05) is 48.0 Å². The Morgan fingerprint density at radius 2 is 1.79 bits per heavy atom. The second kappa shape index (κ2) is 9.07. The molecule has 2 N–H and O–H groups in total. The lowest BCUT2D eigenvalue weighted by molar-refractivity contribution is -0.152. The number of hydrogen-bond acceptors (Lipinski definition) is 5. The maximum Gasteiger partial charge on any atom is 0.326 e. The van der Waals surface area contributed by atoms with Crippen LogP contribution in [0.2, 0.25) is 5.02 Å². The van der Waals surface area contributed by atoms with E-state index in [1.165, 1.54) is 18.3 Å². The van der Waals surface area contributed by atoms with E-state index in [-0.39, 0.29) is 6.54 Å². The SMILES string of the molecule is Cc1ccccc1NC(=O)C(C)OC(=O)CNC(=O)c1sc2ccccc2c1Cl. The number of rotatable bonds is 6. The van der Waals surface area contributed by atoms with Gasteiger partial charge < -0.3 is 15.4 Å². The number of amides is 2. The van der Waals surface area contributed by atoms with Crippen LogP contribution in [0, 0.1) is 6.92 Å². The Balaban J connectivity index is 1.53. The van der Waals surface area contributed by atoms with Gasteiger partial charge in [0.05, 0.1) is 5.02 Å². The second-order valence-corrected chi connectivity index (χ2v) is 7.79. The summed E-state index contributed by atoms with van der Waals surface area (Å²) in [6, 6.07) is 14.7. The van der Waals surface area contributed by atoms with Gasteiger partial charge in [-0.2, -0.15) is 0 Å². The van der Waals surface area contributed by atoms with Gasteiger partial charge in [0, 0.05) is 15.8 Å². The number of carbonyl (C=O) groups is 3. The quantitative estimate of drug-likeness (QED) is 0.575. The summed E-state index contributed by atoms with van der Waals surface area (Å²) in [6.45, 7) is 2.96. The molecule has 1 unspecified atom stereocenters. The van der Waals surface area contributed by atoms with Crippen molar-refractivity contribution in [2.75, 3.05) is 11.9 Å². The van der Waals surface area contributed by atoms with Crippen molar-refractivity contribution in [3.63, 3.8) is 0 Å². The Hall–Kier alpha value is -2.90. The number of carbonyl (C=O) groups excluding carboxylic acids is 3. The number of anilines is 1. The first-order valence-electron chi connectivity index (χ1n) is 8.88. The highest BCUT2D eigenvalue weighted by Gasteiger charge is 2.21. The zero-order valence-electron chi connectivity index (χ0n) is 15.8. The molecule has 3 rings (SSSR count). The molecule has 6 nitrogen and oxygen atoms in total. The van der Waals surface area contributed by atoms with Crippen LogP contribution in [0.4, 0.5) is 5.69 Å². The normalized spacial score (nSPS) is 11.7. The van der Waals surface area contributed by atoms with Crippen molar-refractivity contribution >= 4 is 56.5 Å². The van der Waals surface area contributed by atoms with Gasteiger partial charge in [0.25, 0.3) is 11.8 Å². The average molecular weight is 431 g/mol. The van der Waals surface area contributed by atoms with Crippen LogP contribution in [0.25, 0.3) is 10.1 Å². The number of ether oxygens (including phenoxy) is 1. The van der Waals surface area contributed by atoms with Crippen molar-refractivity contribution in [2.45, 2.75) is 20.0 Å². The number of esters is 1. The highest BCUT2D eigenvalue weighted by Crippen LogP contribution is 2.34. The number of nitrogens with one attached hydrogen (secondary N) is 2. The van der Waals surface area contributed by atoms with Crippen LogP contribution in [-0.2, 0) is 14.3 Å². The van der Waals surface area contributed by atoms with Crippen LogP contribution in [0.5, 0.6) is 0 Å². The summed E-state index contributed by atoms with van der Waals surface area (Å²) in [5, 5.41) is 6.33. The van der Waals surface area contributed by atoms with Gasteiger partial charge in [-0.05, 0) is 31.5 Å². The third-order valence-electron chi connectivity index (χ3n) is 4.21. The molecule has 150 valence electrons. The van der Waals surface area contributed by atoms with Crippen LogP contribution >= 0.6 is 22.9 Å². The summed E-state index contributed by atoms with van der Waals surface area (Å²) in [5.41, 5.74) is 1.54. The molecule has 0 aliphatic rings. The third kappa shape index (κ3) is 4.93. The highest BCUT2D eigenvalue weighted by atomic mass is 35.5. The molecule has 1 aromatic heterocycles. The minimum atomic E-state index is -1.01. The van der Waals surface area contributed by atoms with Gasteiger partial charge in [0.2, 0.25) is 0 Å². The molecule has 3 aromatic rings. The molecular formula is C21H19ClN2O4S. The lowest BCUT2D eigenvalue weighted by atomic mass is 10.2. The van der Waals surface area contributed by atoms with Crippen molar-refractivity contribution in [2.24, 2.45) is 0 Å². The number of thiophene rings is 1. The van der Waals surface area contributed by atoms with Gasteiger partial charge in [-0.15, -0.1) is 11.3 Å². The highest BCUT2D eigenvalue weighted by molar-refractivity contribution is 7.21. The van der Waals surface area contributed by atoms with E-state index >= 15 is 0 Å². The van der Waals surface area contributed by atoms with Gasteiger partial charge in [-0.25, -0.2) is 0 Å². The molecule has 0 fully saturated rings. The summed E-state index contributed by atoms with van der Waals surface area (Å²) < 4.78 is 5.99. The molecule has 1 atom stereocenters. The van der Waals surface area contributed by atoms with Crippen molar-refractivity contribution in [1.29, 1.82) is 0 Å². The minimum absolute atomic E-state index is 0.325. The van der Waals surface area contributed by atoms with E-state index < -0.39 is 23.9 Å². The molecule has 0 saturated carbocycles. The van der Waals surface area contributed by atoms with Crippen molar-refractivity contribution < 1.29 is 19.1 Å². The van der Waals surface area contributed by atoms with Crippen molar-refractivity contribution in [3.05, 3.63) is 64.0 Å². The van der Waals surface area contributed by atoms with E-state index in [9.17, 15) is 14.4 Å². The first-order valence-corrected chi connectivity index (χ1v) is 10.1. The molecule has 2 amide bonds. The monoisotopic (exact) mass is 430 g/mol. The zero-order chi connectivity index (χ0) is 21.0. The fourth-order valence-electron chi connectivity index (χ4n) is 2.63. The number of fused-ring (bicyclic) bond motifs is 1. The van der Waals surface area contributed by atoms with E-state index in [1.807, 2.05) is 43.3 Å². The zero-order valence-corrected chi connectivity index (χ0v) is 17.4. The Bertz CT molecular complexity index is 1080. The summed E-state index contributed by atoms with van der Waals surface area (Å²) >= 11 is 7.51. The predicted octanol–water partition coefficient (Wildman–Crippen LogP) is 4.16.